The van der Waals surface area contributed by atoms with Crippen LogP contribution in [0.2, 0.25) is 0 Å². The lowest BCUT2D eigenvalue weighted by Crippen LogP contribution is -2.48. The van der Waals surface area contributed by atoms with Gasteiger partial charge in [0.2, 0.25) is 0 Å². The SMILES string of the molecule is COC(=O)C1(N)CCC(N(C)CCOCC2CC2)C1. The highest BCUT2D eigenvalue weighted by Gasteiger charge is 2.44. The predicted octanol–water partition coefficient (Wildman–Crippen LogP) is 0.768. The molecule has 2 fully saturated rings. The van der Waals surface area contributed by atoms with Gasteiger partial charge >= 0.3 is 5.97 Å². The Morgan fingerprint density at radius 3 is 2.79 bits per heavy atom. The first kappa shape index (κ1) is 14.8. The number of ether oxygens (including phenoxy) is 2. The van der Waals surface area contributed by atoms with E-state index in [-0.39, 0.29) is 5.97 Å². The summed E-state index contributed by atoms with van der Waals surface area (Å²) < 4.78 is 10.4. The van der Waals surface area contributed by atoms with Crippen molar-refractivity contribution >= 4 is 5.97 Å². The van der Waals surface area contributed by atoms with Gasteiger partial charge in [0.15, 0.2) is 0 Å². The molecule has 2 saturated carbocycles. The van der Waals surface area contributed by atoms with Gasteiger partial charge in [-0.15, -0.1) is 0 Å². The minimum atomic E-state index is -0.789. The zero-order valence-corrected chi connectivity index (χ0v) is 12.1. The number of methoxy groups -OCH3 is 1. The maximum atomic E-state index is 11.7. The average Bonchev–Trinajstić information content (AvgIpc) is 3.14. The molecule has 0 aromatic rings. The molecule has 5 nitrogen and oxygen atoms in total. The minimum Gasteiger partial charge on any atom is -0.468 e. The van der Waals surface area contributed by atoms with Crippen molar-refractivity contribution in [3.63, 3.8) is 0 Å². The van der Waals surface area contributed by atoms with Gasteiger partial charge in [-0.1, -0.05) is 0 Å². The van der Waals surface area contributed by atoms with E-state index in [0.717, 1.165) is 32.1 Å². The number of nitrogens with zero attached hydrogens (tertiary/aromatic N) is 1. The standard InChI is InChI=1S/C14H26N2O3/c1-16(7-8-19-10-11-3-4-11)12-5-6-14(15,9-12)13(17)18-2/h11-12H,3-10,15H2,1-2H3. The molecule has 0 saturated heterocycles. The fraction of sp³-hybridized carbons (Fsp3) is 0.929. The van der Waals surface area contributed by atoms with E-state index in [2.05, 4.69) is 11.9 Å². The highest BCUT2D eigenvalue weighted by atomic mass is 16.5. The monoisotopic (exact) mass is 270 g/mol. The summed E-state index contributed by atoms with van der Waals surface area (Å²) in [5.41, 5.74) is 5.32. The Hall–Kier alpha value is -0.650. The summed E-state index contributed by atoms with van der Waals surface area (Å²) in [4.78, 5) is 13.9. The largest absolute Gasteiger partial charge is 0.468 e. The van der Waals surface area contributed by atoms with Crippen LogP contribution in [0.25, 0.3) is 0 Å². The van der Waals surface area contributed by atoms with Crippen LogP contribution in [0, 0.1) is 5.92 Å². The van der Waals surface area contributed by atoms with Crippen LogP contribution in [0.4, 0.5) is 0 Å². The molecular formula is C14H26N2O3. The molecule has 2 atom stereocenters. The van der Waals surface area contributed by atoms with Gasteiger partial charge in [0, 0.05) is 19.2 Å². The Morgan fingerprint density at radius 2 is 2.16 bits per heavy atom. The van der Waals surface area contributed by atoms with E-state index in [9.17, 15) is 4.79 Å². The van der Waals surface area contributed by atoms with Crippen LogP contribution in [0.1, 0.15) is 32.1 Å². The predicted molar refractivity (Wildman–Crippen MR) is 72.7 cm³/mol. The van der Waals surface area contributed by atoms with Gasteiger partial charge in [0.1, 0.15) is 5.54 Å². The fourth-order valence-corrected chi connectivity index (χ4v) is 2.74. The third-order valence-electron chi connectivity index (χ3n) is 4.38. The first-order chi connectivity index (χ1) is 9.05. The fourth-order valence-electron chi connectivity index (χ4n) is 2.74. The van der Waals surface area contributed by atoms with E-state index in [1.54, 1.807) is 0 Å². The summed E-state index contributed by atoms with van der Waals surface area (Å²) in [6.07, 6.45) is 4.99. The van der Waals surface area contributed by atoms with Gasteiger partial charge in [-0.3, -0.25) is 4.79 Å². The topological polar surface area (TPSA) is 64.8 Å². The molecule has 0 aromatic carbocycles. The first-order valence-corrected chi connectivity index (χ1v) is 7.20. The van der Waals surface area contributed by atoms with Crippen molar-refractivity contribution in [3.05, 3.63) is 0 Å². The Morgan fingerprint density at radius 1 is 1.42 bits per heavy atom. The summed E-state index contributed by atoms with van der Waals surface area (Å²) in [6, 6.07) is 0.355. The van der Waals surface area contributed by atoms with E-state index in [1.165, 1.54) is 20.0 Å². The summed E-state index contributed by atoms with van der Waals surface area (Å²) in [5.74, 6) is 0.529. The van der Waals surface area contributed by atoms with E-state index in [1.807, 2.05) is 0 Å². The summed E-state index contributed by atoms with van der Waals surface area (Å²) in [7, 11) is 3.48. The lowest BCUT2D eigenvalue weighted by molar-refractivity contribution is -0.146. The smallest absolute Gasteiger partial charge is 0.325 e. The van der Waals surface area contributed by atoms with Crippen molar-refractivity contribution in [2.75, 3.05) is 33.9 Å². The molecule has 110 valence electrons. The van der Waals surface area contributed by atoms with Gasteiger partial charge in [-0.25, -0.2) is 0 Å². The normalized spacial score (nSPS) is 30.8. The van der Waals surface area contributed by atoms with Crippen molar-refractivity contribution in [1.29, 1.82) is 0 Å². The number of carbonyl (C=O) groups is 1. The summed E-state index contributed by atoms with van der Waals surface area (Å²) in [5, 5.41) is 0. The lowest BCUT2D eigenvalue weighted by Gasteiger charge is -2.26. The van der Waals surface area contributed by atoms with Crippen LogP contribution < -0.4 is 5.73 Å². The first-order valence-electron chi connectivity index (χ1n) is 7.20. The van der Waals surface area contributed by atoms with E-state index >= 15 is 0 Å². The number of hydrogen-bond donors (Lipinski definition) is 1. The van der Waals surface area contributed by atoms with Gasteiger partial charge in [-0.2, -0.15) is 0 Å². The summed E-state index contributed by atoms with van der Waals surface area (Å²) in [6.45, 7) is 2.56. The molecule has 5 heteroatoms. The number of nitrogens with two attached hydrogens (primary N) is 1. The Balaban J connectivity index is 1.68. The number of rotatable bonds is 7. The molecule has 2 N–H and O–H groups in total. The van der Waals surface area contributed by atoms with Crippen LogP contribution >= 0.6 is 0 Å². The third kappa shape index (κ3) is 3.91. The highest BCUT2D eigenvalue weighted by Crippen LogP contribution is 2.32. The van der Waals surface area contributed by atoms with E-state index in [0.29, 0.717) is 18.9 Å². The highest BCUT2D eigenvalue weighted by molar-refractivity contribution is 5.81. The third-order valence-corrected chi connectivity index (χ3v) is 4.38. The minimum absolute atomic E-state index is 0.284. The molecule has 0 heterocycles. The van der Waals surface area contributed by atoms with Crippen LogP contribution in [-0.2, 0) is 14.3 Å². The molecule has 0 aromatic heterocycles. The number of hydrogen-bond acceptors (Lipinski definition) is 5. The molecule has 0 aliphatic heterocycles. The van der Waals surface area contributed by atoms with Crippen LogP contribution in [0.15, 0.2) is 0 Å². The van der Waals surface area contributed by atoms with Crippen molar-refractivity contribution < 1.29 is 14.3 Å². The number of esters is 1. The van der Waals surface area contributed by atoms with Crippen molar-refractivity contribution in [1.82, 2.24) is 4.90 Å². The van der Waals surface area contributed by atoms with Crippen LogP contribution in [0.5, 0.6) is 0 Å². The van der Waals surface area contributed by atoms with Gasteiger partial charge < -0.3 is 20.1 Å². The van der Waals surface area contributed by atoms with Crippen molar-refractivity contribution in [3.8, 4) is 0 Å². The van der Waals surface area contributed by atoms with Crippen molar-refractivity contribution in [2.45, 2.75) is 43.7 Å². The second-order valence-electron chi connectivity index (χ2n) is 6.04. The molecule has 2 aliphatic rings. The maximum absolute atomic E-state index is 11.7. The molecule has 2 aliphatic carbocycles. The Bertz CT molecular complexity index is 320. The Kier molecular flexibility index (Phi) is 4.81. The lowest BCUT2D eigenvalue weighted by atomic mass is 9.99. The Labute approximate surface area is 115 Å². The zero-order valence-electron chi connectivity index (χ0n) is 12.1. The second-order valence-corrected chi connectivity index (χ2v) is 6.04. The molecule has 2 rings (SSSR count). The molecular weight excluding hydrogens is 244 g/mol. The van der Waals surface area contributed by atoms with Crippen molar-refractivity contribution in [2.24, 2.45) is 11.7 Å². The molecule has 0 amide bonds. The van der Waals surface area contributed by atoms with Crippen LogP contribution in [0.3, 0.4) is 0 Å². The average molecular weight is 270 g/mol. The zero-order chi connectivity index (χ0) is 13.9. The molecule has 2 unspecified atom stereocenters. The molecule has 19 heavy (non-hydrogen) atoms. The van der Waals surface area contributed by atoms with E-state index in [4.69, 9.17) is 15.2 Å². The van der Waals surface area contributed by atoms with E-state index < -0.39 is 5.54 Å². The number of carbonyl (C=O) groups excluding carboxylic acids is 1. The summed E-state index contributed by atoms with van der Waals surface area (Å²) >= 11 is 0. The van der Waals surface area contributed by atoms with Gasteiger partial charge in [0.05, 0.1) is 13.7 Å². The molecule has 0 spiro atoms. The quantitative estimate of drug-likeness (QED) is 0.547. The molecule has 0 radical (unpaired) electrons. The van der Waals surface area contributed by atoms with Gasteiger partial charge in [-0.05, 0) is 45.1 Å². The number of likely N-dealkylation sites (N-methyl/N-ethyl adjacent to an activating group) is 1. The van der Waals surface area contributed by atoms with Crippen LogP contribution in [-0.4, -0.2) is 56.4 Å². The molecule has 0 bridgehead atoms. The maximum Gasteiger partial charge on any atom is 0.325 e. The second kappa shape index (κ2) is 6.20. The van der Waals surface area contributed by atoms with Gasteiger partial charge in [0.25, 0.3) is 0 Å².